The maximum Gasteiger partial charge on any atom is 0.257 e. The van der Waals surface area contributed by atoms with Crippen LogP contribution in [0.2, 0.25) is 0 Å². The highest BCUT2D eigenvalue weighted by Gasteiger charge is 2.16. The van der Waals surface area contributed by atoms with E-state index in [1.54, 1.807) is 24.3 Å². The van der Waals surface area contributed by atoms with Gasteiger partial charge in [0, 0.05) is 24.3 Å². The average Bonchev–Trinajstić information content (AvgIpc) is 2.54. The molecule has 0 radical (unpaired) electrons. The Morgan fingerprint density at radius 1 is 1.08 bits per heavy atom. The zero-order chi connectivity index (χ0) is 18.4. The summed E-state index contributed by atoms with van der Waals surface area (Å²) in [7, 11) is -3.21. The van der Waals surface area contributed by atoms with Crippen molar-refractivity contribution in [2.24, 2.45) is 0 Å². The van der Waals surface area contributed by atoms with Crippen molar-refractivity contribution in [1.82, 2.24) is 5.32 Å². The Hall–Kier alpha value is -1.93. The zero-order valence-electron chi connectivity index (χ0n) is 13.5. The van der Waals surface area contributed by atoms with Gasteiger partial charge in [-0.15, -0.1) is 0 Å². The van der Waals surface area contributed by atoms with Gasteiger partial charge in [-0.1, -0.05) is 18.2 Å². The first-order valence-electron chi connectivity index (χ1n) is 7.38. The summed E-state index contributed by atoms with van der Waals surface area (Å²) >= 11 is 1.51. The van der Waals surface area contributed by atoms with Crippen molar-refractivity contribution in [1.29, 1.82) is 0 Å². The van der Waals surface area contributed by atoms with Crippen molar-refractivity contribution >= 4 is 27.5 Å². The summed E-state index contributed by atoms with van der Waals surface area (Å²) in [5, 5.41) is 2.48. The predicted octanol–water partition coefficient (Wildman–Crippen LogP) is 3.03. The fraction of sp³-hybridized carbons (Fsp3) is 0.235. The van der Waals surface area contributed by atoms with Crippen molar-refractivity contribution < 1.29 is 22.0 Å². The number of benzene rings is 2. The monoisotopic (exact) mass is 385 g/mol. The Balaban J connectivity index is 1.77. The van der Waals surface area contributed by atoms with Gasteiger partial charge in [0.1, 0.15) is 17.2 Å². The number of hydrogen-bond donors (Lipinski definition) is 1. The number of sulfone groups is 1. The molecule has 2 aromatic carbocycles. The van der Waals surface area contributed by atoms with Crippen molar-refractivity contribution in [2.75, 3.05) is 18.6 Å². The van der Waals surface area contributed by atoms with Crippen LogP contribution in [0.15, 0.2) is 47.4 Å². The molecule has 4 nitrogen and oxygen atoms in total. The molecule has 134 valence electrons. The van der Waals surface area contributed by atoms with E-state index in [4.69, 9.17) is 0 Å². The second-order valence-corrected chi connectivity index (χ2v) is 8.44. The second kappa shape index (κ2) is 8.44. The fourth-order valence-electron chi connectivity index (χ4n) is 2.06. The number of carbonyl (C=O) groups excluding carboxylic acids is 1. The third-order valence-corrected chi connectivity index (χ3v) is 5.50. The van der Waals surface area contributed by atoms with Crippen LogP contribution in [0.5, 0.6) is 0 Å². The van der Waals surface area contributed by atoms with E-state index in [9.17, 15) is 22.0 Å². The molecule has 25 heavy (non-hydrogen) atoms. The molecular formula is C17H17F2NO3S2. The molecule has 0 heterocycles. The van der Waals surface area contributed by atoms with Crippen molar-refractivity contribution in [3.05, 3.63) is 65.2 Å². The van der Waals surface area contributed by atoms with Crippen molar-refractivity contribution in [3.63, 3.8) is 0 Å². The zero-order valence-corrected chi connectivity index (χ0v) is 15.1. The first-order chi connectivity index (χ1) is 11.8. The van der Waals surface area contributed by atoms with Gasteiger partial charge in [0.2, 0.25) is 0 Å². The number of halogens is 2. The number of thioether (sulfide) groups is 1. The van der Waals surface area contributed by atoms with Crippen LogP contribution in [0.1, 0.15) is 15.9 Å². The van der Waals surface area contributed by atoms with Crippen LogP contribution < -0.4 is 5.32 Å². The van der Waals surface area contributed by atoms with Gasteiger partial charge in [-0.2, -0.15) is 11.8 Å². The van der Waals surface area contributed by atoms with E-state index < -0.39 is 32.9 Å². The third kappa shape index (κ3) is 5.54. The van der Waals surface area contributed by atoms with Crippen LogP contribution in [-0.4, -0.2) is 32.9 Å². The molecule has 0 aliphatic heterocycles. The number of nitrogens with one attached hydrogen (secondary N) is 1. The second-order valence-electron chi connectivity index (χ2n) is 5.32. The third-order valence-electron chi connectivity index (χ3n) is 3.34. The van der Waals surface area contributed by atoms with Gasteiger partial charge < -0.3 is 5.32 Å². The minimum atomic E-state index is -3.21. The molecule has 0 atom stereocenters. The molecule has 0 saturated carbocycles. The van der Waals surface area contributed by atoms with Gasteiger partial charge >= 0.3 is 0 Å². The number of amides is 1. The molecule has 0 bridgehead atoms. The largest absolute Gasteiger partial charge is 0.351 e. The van der Waals surface area contributed by atoms with Crippen LogP contribution in [0.25, 0.3) is 0 Å². The summed E-state index contributed by atoms with van der Waals surface area (Å²) < 4.78 is 49.7. The highest BCUT2D eigenvalue weighted by molar-refractivity contribution is 7.98. The van der Waals surface area contributed by atoms with Crippen LogP contribution in [0.3, 0.4) is 0 Å². The average molecular weight is 385 g/mol. The molecular weight excluding hydrogens is 368 g/mol. The SMILES string of the molecule is CS(=O)(=O)c1ccc(CSCCNC(=O)c2c(F)cccc2F)cc1. The molecule has 1 amide bonds. The summed E-state index contributed by atoms with van der Waals surface area (Å²) in [5.74, 6) is -1.38. The standard InChI is InChI=1S/C17H17F2NO3S2/c1-25(22,23)13-7-5-12(6-8-13)11-24-10-9-20-17(21)16-14(18)3-2-4-15(16)19/h2-8H,9-11H2,1H3,(H,20,21). The molecule has 2 rings (SSSR count). The molecule has 2 aromatic rings. The van der Waals surface area contributed by atoms with E-state index in [0.29, 0.717) is 11.5 Å². The van der Waals surface area contributed by atoms with Gasteiger partial charge in [-0.05, 0) is 29.8 Å². The maximum atomic E-state index is 13.5. The Kier molecular flexibility index (Phi) is 6.55. The lowest BCUT2D eigenvalue weighted by Gasteiger charge is -2.07. The lowest BCUT2D eigenvalue weighted by Crippen LogP contribution is -2.27. The van der Waals surface area contributed by atoms with E-state index in [0.717, 1.165) is 24.0 Å². The Morgan fingerprint density at radius 3 is 2.24 bits per heavy atom. The molecule has 0 saturated heterocycles. The van der Waals surface area contributed by atoms with Crippen LogP contribution in [0.4, 0.5) is 8.78 Å². The molecule has 0 aliphatic carbocycles. The van der Waals surface area contributed by atoms with Crippen molar-refractivity contribution in [3.8, 4) is 0 Å². The molecule has 0 fully saturated rings. The molecule has 0 spiro atoms. The topological polar surface area (TPSA) is 63.2 Å². The number of hydrogen-bond acceptors (Lipinski definition) is 4. The minimum absolute atomic E-state index is 0.263. The normalized spacial score (nSPS) is 11.3. The van der Waals surface area contributed by atoms with E-state index in [2.05, 4.69) is 5.32 Å². The van der Waals surface area contributed by atoms with Gasteiger partial charge in [-0.3, -0.25) is 4.79 Å². The van der Waals surface area contributed by atoms with Crippen molar-refractivity contribution in [2.45, 2.75) is 10.6 Å². The molecule has 0 unspecified atom stereocenters. The van der Waals surface area contributed by atoms with E-state index in [1.165, 1.54) is 17.8 Å². The summed E-state index contributed by atoms with van der Waals surface area (Å²) in [5.41, 5.74) is 0.368. The summed E-state index contributed by atoms with van der Waals surface area (Å²) in [6.45, 7) is 0.263. The first kappa shape index (κ1) is 19.4. The molecule has 0 aliphatic rings. The Morgan fingerprint density at radius 2 is 1.68 bits per heavy atom. The summed E-state index contributed by atoms with van der Waals surface area (Å²) in [4.78, 5) is 12.1. The van der Waals surface area contributed by atoms with Gasteiger partial charge in [0.25, 0.3) is 5.91 Å². The van der Waals surface area contributed by atoms with Gasteiger partial charge in [0.15, 0.2) is 9.84 Å². The highest BCUT2D eigenvalue weighted by Crippen LogP contribution is 2.16. The smallest absolute Gasteiger partial charge is 0.257 e. The van der Waals surface area contributed by atoms with Crippen LogP contribution in [0, 0.1) is 11.6 Å². The van der Waals surface area contributed by atoms with Gasteiger partial charge in [-0.25, -0.2) is 17.2 Å². The number of rotatable bonds is 7. The summed E-state index contributed by atoms with van der Waals surface area (Å²) in [6.07, 6.45) is 1.15. The van der Waals surface area contributed by atoms with Crippen LogP contribution >= 0.6 is 11.8 Å². The highest BCUT2D eigenvalue weighted by atomic mass is 32.2. The van der Waals surface area contributed by atoms with E-state index in [-0.39, 0.29) is 11.4 Å². The quantitative estimate of drug-likeness (QED) is 0.744. The minimum Gasteiger partial charge on any atom is -0.351 e. The molecule has 1 N–H and O–H groups in total. The van der Waals surface area contributed by atoms with E-state index in [1.807, 2.05) is 0 Å². The predicted molar refractivity (Wildman–Crippen MR) is 94.4 cm³/mol. The Bertz CT molecular complexity index is 832. The Labute approximate surface area is 149 Å². The van der Waals surface area contributed by atoms with Crippen LogP contribution in [-0.2, 0) is 15.6 Å². The molecule has 8 heteroatoms. The first-order valence-corrected chi connectivity index (χ1v) is 10.4. The van der Waals surface area contributed by atoms with E-state index >= 15 is 0 Å². The number of carbonyl (C=O) groups is 1. The lowest BCUT2D eigenvalue weighted by atomic mass is 10.2. The lowest BCUT2D eigenvalue weighted by molar-refractivity contribution is 0.0947. The summed E-state index contributed by atoms with van der Waals surface area (Å²) in [6, 6.07) is 9.83. The van der Waals surface area contributed by atoms with Gasteiger partial charge in [0.05, 0.1) is 4.90 Å². The maximum absolute atomic E-state index is 13.5. The fourth-order valence-corrected chi connectivity index (χ4v) is 3.51. The molecule has 0 aromatic heterocycles.